The van der Waals surface area contributed by atoms with Crippen LogP contribution in [0.2, 0.25) is 10.0 Å². The highest BCUT2D eigenvalue weighted by molar-refractivity contribution is 7.91. The number of halogens is 2. The highest BCUT2D eigenvalue weighted by Gasteiger charge is 2.45. The van der Waals surface area contributed by atoms with Crippen molar-refractivity contribution in [2.45, 2.75) is 62.4 Å². The minimum Gasteiger partial charge on any atom is -0.358 e. The Bertz CT molecular complexity index is 996. The van der Waals surface area contributed by atoms with Crippen molar-refractivity contribution < 1.29 is 13.3 Å². The monoisotopic (exact) mass is 433 g/mol. The largest absolute Gasteiger partial charge is 0.401 e. The molecule has 7 nitrogen and oxygen atoms in total. The number of nitrogens with zero attached hydrogens (tertiary/aromatic N) is 3. The molecule has 0 spiro atoms. The minimum atomic E-state index is -4.43. The number of hydrogen-bond donors (Lipinski definition) is 0. The fourth-order valence-electron chi connectivity index (χ4n) is 2.71. The van der Waals surface area contributed by atoms with E-state index in [2.05, 4.69) is 4.98 Å². The standard InChI is InChI=1S/C17H21Cl2N3O4S/c1-16(2,3)15-20-13(22(23)24)14(21(15)17(4,5)6)27(25,26)12-10(18)8-7-9-11(12)19/h7-9H,1-6H3. The molecule has 0 saturated heterocycles. The first-order chi connectivity index (χ1) is 12.1. The second kappa shape index (κ2) is 6.76. The van der Waals surface area contributed by atoms with Crippen LogP contribution in [-0.4, -0.2) is 22.9 Å². The summed E-state index contributed by atoms with van der Waals surface area (Å²) in [7, 11) is -4.43. The highest BCUT2D eigenvalue weighted by atomic mass is 35.5. The van der Waals surface area contributed by atoms with E-state index in [1.54, 1.807) is 41.5 Å². The summed E-state index contributed by atoms with van der Waals surface area (Å²) in [5.74, 6) is -0.464. The van der Waals surface area contributed by atoms with E-state index in [1.807, 2.05) is 0 Å². The van der Waals surface area contributed by atoms with E-state index in [-0.39, 0.29) is 20.8 Å². The molecule has 0 bridgehead atoms. The fourth-order valence-corrected chi connectivity index (χ4v) is 5.53. The Morgan fingerprint density at radius 1 is 1.07 bits per heavy atom. The zero-order chi connectivity index (χ0) is 20.9. The Hall–Kier alpha value is -1.64. The molecule has 0 unspecified atom stereocenters. The molecule has 0 saturated carbocycles. The molecular formula is C17H21Cl2N3O4S. The third kappa shape index (κ3) is 3.83. The van der Waals surface area contributed by atoms with Crippen molar-refractivity contribution in [1.29, 1.82) is 0 Å². The summed E-state index contributed by atoms with van der Waals surface area (Å²) in [5.41, 5.74) is -1.45. The van der Waals surface area contributed by atoms with Gasteiger partial charge in [-0.05, 0) is 42.8 Å². The maximum absolute atomic E-state index is 13.5. The van der Waals surface area contributed by atoms with Crippen LogP contribution in [0.15, 0.2) is 28.1 Å². The van der Waals surface area contributed by atoms with Gasteiger partial charge in [-0.25, -0.2) is 8.42 Å². The van der Waals surface area contributed by atoms with Gasteiger partial charge in [-0.15, -0.1) is 0 Å². The molecule has 0 atom stereocenters. The molecule has 2 aromatic rings. The average Bonchev–Trinajstić information content (AvgIpc) is 2.88. The fraction of sp³-hybridized carbons (Fsp3) is 0.471. The third-order valence-corrected chi connectivity index (χ3v) is 6.48. The summed E-state index contributed by atoms with van der Waals surface area (Å²) in [6.45, 7) is 10.7. The summed E-state index contributed by atoms with van der Waals surface area (Å²) >= 11 is 12.2. The van der Waals surface area contributed by atoms with Crippen LogP contribution < -0.4 is 0 Å². The van der Waals surface area contributed by atoms with Gasteiger partial charge in [-0.3, -0.25) is 4.57 Å². The number of nitro groups is 1. The third-order valence-electron chi connectivity index (χ3n) is 3.77. The van der Waals surface area contributed by atoms with E-state index in [4.69, 9.17) is 23.2 Å². The molecule has 0 radical (unpaired) electrons. The van der Waals surface area contributed by atoms with Gasteiger partial charge in [0.2, 0.25) is 20.7 Å². The van der Waals surface area contributed by atoms with Crippen molar-refractivity contribution in [3.05, 3.63) is 44.2 Å². The van der Waals surface area contributed by atoms with E-state index in [0.29, 0.717) is 0 Å². The number of sulfone groups is 1. The van der Waals surface area contributed by atoms with Crippen LogP contribution in [0.5, 0.6) is 0 Å². The molecule has 0 N–H and O–H groups in total. The maximum atomic E-state index is 13.5. The zero-order valence-corrected chi connectivity index (χ0v) is 18.2. The summed E-state index contributed by atoms with van der Waals surface area (Å²) in [5, 5.41) is 10.9. The number of hydrogen-bond acceptors (Lipinski definition) is 5. The smallest absolute Gasteiger partial charge is 0.358 e. The van der Waals surface area contributed by atoms with E-state index in [9.17, 15) is 18.5 Å². The van der Waals surface area contributed by atoms with Crippen LogP contribution in [0.1, 0.15) is 47.4 Å². The summed E-state index contributed by atoms with van der Waals surface area (Å²) in [4.78, 5) is 14.6. The van der Waals surface area contributed by atoms with Crippen LogP contribution in [-0.2, 0) is 20.8 Å². The van der Waals surface area contributed by atoms with Gasteiger partial charge in [-0.1, -0.05) is 50.0 Å². The van der Waals surface area contributed by atoms with Crippen molar-refractivity contribution in [2.75, 3.05) is 0 Å². The van der Waals surface area contributed by atoms with Gasteiger partial charge in [0, 0.05) is 11.0 Å². The lowest BCUT2D eigenvalue weighted by Gasteiger charge is -2.27. The minimum absolute atomic E-state index is 0.115. The number of imidazole rings is 1. The molecular weight excluding hydrogens is 413 g/mol. The van der Waals surface area contributed by atoms with Gasteiger partial charge in [0.1, 0.15) is 4.90 Å². The van der Waals surface area contributed by atoms with E-state index >= 15 is 0 Å². The molecule has 10 heteroatoms. The Morgan fingerprint density at radius 3 is 1.93 bits per heavy atom. The van der Waals surface area contributed by atoms with Gasteiger partial charge >= 0.3 is 5.82 Å². The lowest BCUT2D eigenvalue weighted by atomic mass is 9.94. The van der Waals surface area contributed by atoms with E-state index in [1.165, 1.54) is 22.8 Å². The maximum Gasteiger partial charge on any atom is 0.401 e. The van der Waals surface area contributed by atoms with Crippen LogP contribution in [0, 0.1) is 10.1 Å². The summed E-state index contributed by atoms with van der Waals surface area (Å²) in [6, 6.07) is 4.24. The quantitative estimate of drug-likeness (QED) is 0.501. The highest BCUT2D eigenvalue weighted by Crippen LogP contribution is 2.41. The Morgan fingerprint density at radius 2 is 1.56 bits per heavy atom. The first kappa shape index (κ1) is 21.7. The SMILES string of the molecule is CC(C)(C)c1nc([N+](=O)[O-])c(S(=O)(=O)c2c(Cl)cccc2Cl)n1C(C)(C)C. The summed E-state index contributed by atoms with van der Waals surface area (Å²) < 4.78 is 28.3. The second-order valence-electron chi connectivity index (χ2n) is 8.13. The molecule has 1 aromatic heterocycles. The average molecular weight is 434 g/mol. The van der Waals surface area contributed by atoms with Gasteiger partial charge in [0.15, 0.2) is 0 Å². The molecule has 0 fully saturated rings. The Labute approximate surface area is 168 Å². The first-order valence-electron chi connectivity index (χ1n) is 8.07. The molecule has 1 aromatic carbocycles. The first-order valence-corrected chi connectivity index (χ1v) is 10.3. The topological polar surface area (TPSA) is 95.1 Å². The number of aromatic nitrogens is 2. The van der Waals surface area contributed by atoms with Gasteiger partial charge in [0.25, 0.3) is 0 Å². The predicted molar refractivity (Wildman–Crippen MR) is 104 cm³/mol. The second-order valence-corrected chi connectivity index (χ2v) is 10.7. The van der Waals surface area contributed by atoms with Crippen molar-refractivity contribution in [3.8, 4) is 0 Å². The van der Waals surface area contributed by atoms with E-state index in [0.717, 1.165) is 0 Å². The van der Waals surface area contributed by atoms with Crippen LogP contribution in [0.4, 0.5) is 5.82 Å². The lowest BCUT2D eigenvalue weighted by molar-refractivity contribution is -0.392. The van der Waals surface area contributed by atoms with Crippen LogP contribution in [0.3, 0.4) is 0 Å². The molecule has 0 aliphatic carbocycles. The van der Waals surface area contributed by atoms with Gasteiger partial charge in [0.05, 0.1) is 10.0 Å². The Kier molecular flexibility index (Phi) is 5.42. The van der Waals surface area contributed by atoms with Crippen LogP contribution >= 0.6 is 23.2 Å². The van der Waals surface area contributed by atoms with Gasteiger partial charge < -0.3 is 10.1 Å². The molecule has 148 valence electrons. The molecule has 0 aliphatic rings. The van der Waals surface area contributed by atoms with Crippen LogP contribution in [0.25, 0.3) is 0 Å². The van der Waals surface area contributed by atoms with Crippen molar-refractivity contribution >= 4 is 38.9 Å². The van der Waals surface area contributed by atoms with Crippen molar-refractivity contribution in [1.82, 2.24) is 9.55 Å². The molecule has 27 heavy (non-hydrogen) atoms. The number of benzene rings is 1. The molecule has 2 rings (SSSR count). The van der Waals surface area contributed by atoms with Crippen molar-refractivity contribution in [3.63, 3.8) is 0 Å². The van der Waals surface area contributed by atoms with Crippen molar-refractivity contribution in [2.24, 2.45) is 0 Å². The van der Waals surface area contributed by atoms with E-state index < -0.39 is 36.6 Å². The number of rotatable bonds is 3. The van der Waals surface area contributed by atoms with Gasteiger partial charge in [-0.2, -0.15) is 0 Å². The molecule has 1 heterocycles. The predicted octanol–water partition coefficient (Wildman–Crippen LogP) is 4.98. The molecule has 0 amide bonds. The summed E-state index contributed by atoms with van der Waals surface area (Å²) in [6.07, 6.45) is 0. The molecule has 0 aliphatic heterocycles. The zero-order valence-electron chi connectivity index (χ0n) is 15.9. The lowest BCUT2D eigenvalue weighted by Crippen LogP contribution is -2.32. The Balaban J connectivity index is 3.07. The normalized spacial score (nSPS) is 13.0.